The molecule has 1 aromatic rings. The van der Waals surface area contributed by atoms with Gasteiger partial charge in [-0.25, -0.2) is 12.8 Å². The maximum Gasteiger partial charge on any atom is 0.261 e. The number of hydrogen-bond acceptors (Lipinski definition) is 3. The Morgan fingerprint density at radius 2 is 1.95 bits per heavy atom. The smallest absolute Gasteiger partial charge is 0.261 e. The van der Waals surface area contributed by atoms with Crippen molar-refractivity contribution >= 4 is 25.6 Å². The van der Waals surface area contributed by atoms with Gasteiger partial charge in [-0.2, -0.15) is 0 Å². The molecule has 21 heavy (non-hydrogen) atoms. The van der Waals surface area contributed by atoms with Crippen molar-refractivity contribution < 1.29 is 17.6 Å². The zero-order valence-corrected chi connectivity index (χ0v) is 13.6. The molecule has 4 nitrogen and oxygen atoms in total. The Kier molecular flexibility index (Phi) is 4.06. The monoisotopic (exact) mass is 333 g/mol. The van der Waals surface area contributed by atoms with E-state index in [-0.39, 0.29) is 16.0 Å². The van der Waals surface area contributed by atoms with E-state index in [0.29, 0.717) is 5.92 Å². The van der Waals surface area contributed by atoms with Crippen molar-refractivity contribution in [3.05, 3.63) is 29.1 Å². The molecule has 0 radical (unpaired) electrons. The predicted octanol–water partition coefficient (Wildman–Crippen LogP) is 2.98. The van der Waals surface area contributed by atoms with Gasteiger partial charge in [0.25, 0.3) is 15.0 Å². The molecule has 1 fully saturated rings. The highest BCUT2D eigenvalue weighted by Gasteiger charge is 2.39. The van der Waals surface area contributed by atoms with Crippen LogP contribution in [0.1, 0.15) is 42.6 Å². The van der Waals surface area contributed by atoms with Crippen LogP contribution in [0.15, 0.2) is 17.0 Å². The average Bonchev–Trinajstić information content (AvgIpc) is 3.09. The fourth-order valence-electron chi connectivity index (χ4n) is 2.36. The number of amides is 1. The summed E-state index contributed by atoms with van der Waals surface area (Å²) in [4.78, 5) is 12.0. The molecule has 0 aromatic heterocycles. The Bertz CT molecular complexity index is 696. The van der Waals surface area contributed by atoms with Crippen molar-refractivity contribution in [1.82, 2.24) is 5.32 Å². The van der Waals surface area contributed by atoms with E-state index in [1.807, 2.05) is 13.8 Å². The van der Waals surface area contributed by atoms with Gasteiger partial charge in [-0.1, -0.05) is 0 Å². The molecule has 0 aliphatic heterocycles. The summed E-state index contributed by atoms with van der Waals surface area (Å²) < 4.78 is 36.9. The molecular weight excluding hydrogens is 317 g/mol. The van der Waals surface area contributed by atoms with Crippen LogP contribution in [0, 0.1) is 18.7 Å². The van der Waals surface area contributed by atoms with E-state index in [1.165, 1.54) is 6.92 Å². The van der Waals surface area contributed by atoms with E-state index in [0.717, 1.165) is 25.0 Å². The first kappa shape index (κ1) is 16.2. The van der Waals surface area contributed by atoms with Gasteiger partial charge < -0.3 is 5.32 Å². The Labute approximate surface area is 128 Å². The second-order valence-electron chi connectivity index (χ2n) is 5.99. The van der Waals surface area contributed by atoms with Crippen molar-refractivity contribution in [3.8, 4) is 0 Å². The largest absolute Gasteiger partial charge is 0.347 e. The first-order valence-electron chi connectivity index (χ1n) is 6.59. The van der Waals surface area contributed by atoms with Crippen LogP contribution in [0.2, 0.25) is 0 Å². The maximum absolute atomic E-state index is 14.0. The van der Waals surface area contributed by atoms with Gasteiger partial charge in [0.15, 0.2) is 0 Å². The summed E-state index contributed by atoms with van der Waals surface area (Å²) >= 11 is 0. The minimum Gasteiger partial charge on any atom is -0.347 e. The second kappa shape index (κ2) is 5.25. The van der Waals surface area contributed by atoms with Gasteiger partial charge in [-0.05, 0) is 57.2 Å². The highest BCUT2D eigenvalue weighted by atomic mass is 35.7. The summed E-state index contributed by atoms with van der Waals surface area (Å²) in [6.07, 6.45) is 2.04. The lowest BCUT2D eigenvalue weighted by atomic mass is 9.98. The molecule has 0 heterocycles. The molecule has 0 bridgehead atoms. The third-order valence-electron chi connectivity index (χ3n) is 3.81. The standard InChI is InChI=1S/C14H17ClFNO3S/c1-8-6-11(16)10(7-12(8)21(15,19)20)13(18)17-14(2,3)9-4-5-9/h6-7,9H,4-5H2,1-3H3,(H,17,18). The fraction of sp³-hybridized carbons (Fsp3) is 0.500. The Morgan fingerprint density at radius 1 is 1.38 bits per heavy atom. The number of rotatable bonds is 4. The second-order valence-corrected chi connectivity index (χ2v) is 8.52. The number of carbonyl (C=O) groups is 1. The molecule has 1 aromatic carbocycles. The third kappa shape index (κ3) is 3.55. The molecule has 7 heteroatoms. The van der Waals surface area contributed by atoms with E-state index in [4.69, 9.17) is 10.7 Å². The lowest BCUT2D eigenvalue weighted by Crippen LogP contribution is -2.45. The minimum absolute atomic E-state index is 0.167. The molecule has 1 aliphatic carbocycles. The van der Waals surface area contributed by atoms with E-state index in [9.17, 15) is 17.6 Å². The number of halogens is 2. The van der Waals surface area contributed by atoms with Gasteiger partial charge in [0.05, 0.1) is 10.5 Å². The molecule has 1 aliphatic rings. The Morgan fingerprint density at radius 3 is 2.43 bits per heavy atom. The van der Waals surface area contributed by atoms with Crippen molar-refractivity contribution in [2.45, 2.75) is 44.0 Å². The van der Waals surface area contributed by atoms with Gasteiger partial charge in [-0.3, -0.25) is 4.79 Å². The molecule has 0 saturated heterocycles. The topological polar surface area (TPSA) is 63.2 Å². The molecule has 0 spiro atoms. The number of nitrogens with one attached hydrogen (secondary N) is 1. The van der Waals surface area contributed by atoms with Crippen LogP contribution in [-0.4, -0.2) is 19.9 Å². The van der Waals surface area contributed by atoms with Crippen LogP contribution in [-0.2, 0) is 9.05 Å². The van der Waals surface area contributed by atoms with Gasteiger partial charge in [0, 0.05) is 16.2 Å². The first-order valence-corrected chi connectivity index (χ1v) is 8.90. The van der Waals surface area contributed by atoms with Crippen LogP contribution in [0.4, 0.5) is 4.39 Å². The third-order valence-corrected chi connectivity index (χ3v) is 5.27. The predicted molar refractivity (Wildman–Crippen MR) is 78.4 cm³/mol. The minimum atomic E-state index is -4.03. The molecular formula is C14H17ClFNO3S. The molecule has 116 valence electrons. The van der Waals surface area contributed by atoms with Crippen LogP contribution >= 0.6 is 10.7 Å². The lowest BCUT2D eigenvalue weighted by molar-refractivity contribution is 0.0899. The highest BCUT2D eigenvalue weighted by Crippen LogP contribution is 2.39. The summed E-state index contributed by atoms with van der Waals surface area (Å²) in [6.45, 7) is 5.16. The lowest BCUT2D eigenvalue weighted by Gasteiger charge is -2.26. The van der Waals surface area contributed by atoms with E-state index in [2.05, 4.69) is 5.32 Å². The summed E-state index contributed by atoms with van der Waals surface area (Å²) in [5.74, 6) is -1.03. The van der Waals surface area contributed by atoms with Crippen LogP contribution in [0.5, 0.6) is 0 Å². The van der Waals surface area contributed by atoms with Crippen molar-refractivity contribution in [1.29, 1.82) is 0 Å². The molecule has 1 saturated carbocycles. The van der Waals surface area contributed by atoms with Gasteiger partial charge >= 0.3 is 0 Å². The summed E-state index contributed by atoms with van der Waals surface area (Å²) in [5.41, 5.74) is -0.594. The average molecular weight is 334 g/mol. The summed E-state index contributed by atoms with van der Waals surface area (Å²) in [7, 11) is 1.28. The SMILES string of the molecule is Cc1cc(F)c(C(=O)NC(C)(C)C2CC2)cc1S(=O)(=O)Cl. The first-order chi connectivity index (χ1) is 9.52. The van der Waals surface area contributed by atoms with E-state index < -0.39 is 26.3 Å². The van der Waals surface area contributed by atoms with Crippen molar-refractivity contribution in [2.24, 2.45) is 5.92 Å². The van der Waals surface area contributed by atoms with Crippen LogP contribution < -0.4 is 5.32 Å². The molecule has 1 amide bonds. The number of carbonyl (C=O) groups excluding carboxylic acids is 1. The molecule has 0 atom stereocenters. The Hall–Kier alpha value is -1.14. The molecule has 0 unspecified atom stereocenters. The normalized spacial score (nSPS) is 15.9. The summed E-state index contributed by atoms with van der Waals surface area (Å²) in [6, 6.07) is 2.00. The van der Waals surface area contributed by atoms with E-state index >= 15 is 0 Å². The number of aryl methyl sites for hydroxylation is 1. The maximum atomic E-state index is 14.0. The highest BCUT2D eigenvalue weighted by molar-refractivity contribution is 8.13. The number of hydrogen-bond donors (Lipinski definition) is 1. The fourth-order valence-corrected chi connectivity index (χ4v) is 3.56. The van der Waals surface area contributed by atoms with Crippen molar-refractivity contribution in [2.75, 3.05) is 0 Å². The molecule has 2 rings (SSSR count). The number of benzene rings is 1. The molecule has 1 N–H and O–H groups in total. The van der Waals surface area contributed by atoms with Crippen LogP contribution in [0.3, 0.4) is 0 Å². The van der Waals surface area contributed by atoms with E-state index in [1.54, 1.807) is 0 Å². The zero-order chi connectivity index (χ0) is 16.0. The van der Waals surface area contributed by atoms with Crippen LogP contribution in [0.25, 0.3) is 0 Å². The van der Waals surface area contributed by atoms with Crippen molar-refractivity contribution in [3.63, 3.8) is 0 Å². The van der Waals surface area contributed by atoms with Gasteiger partial charge in [0.2, 0.25) is 0 Å². The quantitative estimate of drug-likeness (QED) is 0.862. The van der Waals surface area contributed by atoms with Gasteiger partial charge in [0.1, 0.15) is 5.82 Å². The van der Waals surface area contributed by atoms with Gasteiger partial charge in [-0.15, -0.1) is 0 Å². The summed E-state index contributed by atoms with van der Waals surface area (Å²) in [5, 5.41) is 2.76. The Balaban J connectivity index is 2.37. The zero-order valence-electron chi connectivity index (χ0n) is 12.0.